The lowest BCUT2D eigenvalue weighted by molar-refractivity contribution is -0.108. The molecular weight excluding hydrogens is 182 g/mol. The molecule has 0 aliphatic rings. The molecule has 74 valence electrons. The number of allylic oxidation sites excluding steroid dienone is 3. The predicted octanol–water partition coefficient (Wildman–Crippen LogP) is 2.54. The third-order valence-electron chi connectivity index (χ3n) is 1.62. The molecule has 0 atom stereocenters. The first kappa shape index (κ1) is 12.3. The average Bonchev–Trinajstić information content (AvgIpc) is 2.10. The molecule has 0 heterocycles. The Kier molecular flexibility index (Phi) is 6.41. The molecule has 0 unspecified atom stereocenters. The Hall–Kier alpha value is -0.700. The fourth-order valence-corrected chi connectivity index (χ4v) is 1.73. The van der Waals surface area contributed by atoms with Gasteiger partial charge in [-0.1, -0.05) is 26.0 Å². The van der Waals surface area contributed by atoms with E-state index in [9.17, 15) is 4.79 Å². The lowest BCUT2D eigenvalue weighted by Gasteiger charge is -2.12. The molecule has 0 aromatic heterocycles. The number of carbonyl (C=O) groups excluding carboxylic acids is 1. The summed E-state index contributed by atoms with van der Waals surface area (Å²) >= 11 is 1.56. The minimum Gasteiger partial charge on any atom is -0.323 e. The number of nitrogens with one attached hydrogen (secondary N) is 1. The van der Waals surface area contributed by atoms with Gasteiger partial charge in [0.15, 0.2) is 0 Å². The van der Waals surface area contributed by atoms with E-state index >= 15 is 0 Å². The molecule has 0 radical (unpaired) electrons. The SMILES string of the molecule is C/C=C\C(=C(/NC=O)SC)C(C)C. The van der Waals surface area contributed by atoms with Crippen molar-refractivity contribution < 1.29 is 4.79 Å². The van der Waals surface area contributed by atoms with Crippen molar-refractivity contribution in [1.29, 1.82) is 0 Å². The molecule has 3 heteroatoms. The third kappa shape index (κ3) is 4.18. The lowest BCUT2D eigenvalue weighted by atomic mass is 10.0. The van der Waals surface area contributed by atoms with Gasteiger partial charge in [-0.05, 0) is 24.7 Å². The number of hydrogen-bond acceptors (Lipinski definition) is 2. The van der Waals surface area contributed by atoms with Crippen LogP contribution < -0.4 is 5.32 Å². The fraction of sp³-hybridized carbons (Fsp3) is 0.500. The van der Waals surface area contributed by atoms with Crippen LogP contribution in [0.1, 0.15) is 20.8 Å². The minimum atomic E-state index is 0.422. The van der Waals surface area contributed by atoms with Crippen molar-refractivity contribution in [3.05, 3.63) is 22.8 Å². The molecule has 0 rings (SSSR count). The molecular formula is C10H17NOS. The van der Waals surface area contributed by atoms with Crippen LogP contribution in [-0.4, -0.2) is 12.7 Å². The van der Waals surface area contributed by atoms with Crippen molar-refractivity contribution in [2.45, 2.75) is 20.8 Å². The molecule has 0 spiro atoms. The molecule has 13 heavy (non-hydrogen) atoms. The maximum Gasteiger partial charge on any atom is 0.211 e. The summed E-state index contributed by atoms with van der Waals surface area (Å²) < 4.78 is 0. The van der Waals surface area contributed by atoms with Crippen molar-refractivity contribution in [2.24, 2.45) is 5.92 Å². The van der Waals surface area contributed by atoms with Gasteiger partial charge in [-0.15, -0.1) is 11.8 Å². The van der Waals surface area contributed by atoms with Crippen LogP contribution in [0.25, 0.3) is 0 Å². The van der Waals surface area contributed by atoms with Crippen LogP contribution in [0.15, 0.2) is 22.8 Å². The summed E-state index contributed by atoms with van der Waals surface area (Å²) in [6, 6.07) is 0. The summed E-state index contributed by atoms with van der Waals surface area (Å²) in [4.78, 5) is 10.3. The maximum atomic E-state index is 10.3. The standard InChI is InChI=1S/C10H17NOS/c1-5-6-9(8(2)3)10(13-4)11-7-12/h5-8H,1-4H3,(H,11,12)/b6-5-,10-9-. The number of carbonyl (C=O) groups is 1. The molecule has 0 fully saturated rings. The van der Waals surface area contributed by atoms with Gasteiger partial charge in [-0.25, -0.2) is 0 Å². The molecule has 0 aromatic rings. The number of hydrogen-bond donors (Lipinski definition) is 1. The number of amides is 1. The lowest BCUT2D eigenvalue weighted by Crippen LogP contribution is -2.11. The fourth-order valence-electron chi connectivity index (χ4n) is 1.02. The molecule has 0 bridgehead atoms. The molecule has 0 saturated heterocycles. The van der Waals surface area contributed by atoms with Crippen LogP contribution >= 0.6 is 11.8 Å². The minimum absolute atomic E-state index is 0.422. The second-order valence-electron chi connectivity index (χ2n) is 2.91. The van der Waals surface area contributed by atoms with Crippen molar-refractivity contribution in [1.82, 2.24) is 5.32 Å². The van der Waals surface area contributed by atoms with E-state index < -0.39 is 0 Å². The van der Waals surface area contributed by atoms with Crippen LogP contribution in [0.2, 0.25) is 0 Å². The zero-order chi connectivity index (χ0) is 10.3. The van der Waals surface area contributed by atoms with Gasteiger partial charge in [-0.3, -0.25) is 4.79 Å². The van der Waals surface area contributed by atoms with E-state index in [1.165, 1.54) is 5.57 Å². The number of thioether (sulfide) groups is 1. The van der Waals surface area contributed by atoms with E-state index in [4.69, 9.17) is 0 Å². The van der Waals surface area contributed by atoms with Crippen LogP contribution in [0.4, 0.5) is 0 Å². The normalized spacial score (nSPS) is 13.3. The maximum absolute atomic E-state index is 10.3. The predicted molar refractivity (Wildman–Crippen MR) is 59.4 cm³/mol. The Morgan fingerprint density at radius 3 is 2.38 bits per heavy atom. The molecule has 0 saturated carbocycles. The average molecular weight is 199 g/mol. The van der Waals surface area contributed by atoms with Gasteiger partial charge < -0.3 is 5.32 Å². The quantitative estimate of drug-likeness (QED) is 0.544. The molecule has 0 aliphatic heterocycles. The van der Waals surface area contributed by atoms with Crippen molar-refractivity contribution >= 4 is 18.2 Å². The van der Waals surface area contributed by atoms with E-state index in [0.29, 0.717) is 5.92 Å². The second kappa shape index (κ2) is 6.78. The second-order valence-corrected chi connectivity index (χ2v) is 3.72. The van der Waals surface area contributed by atoms with E-state index in [2.05, 4.69) is 19.2 Å². The Balaban J connectivity index is 4.87. The van der Waals surface area contributed by atoms with Crippen LogP contribution in [0.5, 0.6) is 0 Å². The zero-order valence-electron chi connectivity index (χ0n) is 8.63. The summed E-state index contributed by atoms with van der Waals surface area (Å²) in [5.41, 5.74) is 1.17. The Morgan fingerprint density at radius 1 is 1.46 bits per heavy atom. The monoisotopic (exact) mass is 199 g/mol. The van der Waals surface area contributed by atoms with E-state index in [0.717, 1.165) is 11.4 Å². The van der Waals surface area contributed by atoms with Gasteiger partial charge in [0.05, 0.1) is 5.03 Å². The van der Waals surface area contributed by atoms with Crippen LogP contribution in [-0.2, 0) is 4.79 Å². The van der Waals surface area contributed by atoms with Gasteiger partial charge in [-0.2, -0.15) is 0 Å². The molecule has 1 amide bonds. The van der Waals surface area contributed by atoms with Gasteiger partial charge >= 0.3 is 0 Å². The van der Waals surface area contributed by atoms with Crippen LogP contribution in [0, 0.1) is 5.92 Å². The molecule has 0 aromatic carbocycles. The summed E-state index contributed by atoms with van der Waals surface area (Å²) in [5, 5.41) is 3.64. The van der Waals surface area contributed by atoms with E-state index in [-0.39, 0.29) is 0 Å². The molecule has 0 aliphatic carbocycles. The zero-order valence-corrected chi connectivity index (χ0v) is 9.44. The van der Waals surface area contributed by atoms with Crippen LogP contribution in [0.3, 0.4) is 0 Å². The molecule has 1 N–H and O–H groups in total. The molecule has 2 nitrogen and oxygen atoms in total. The topological polar surface area (TPSA) is 29.1 Å². The highest BCUT2D eigenvalue weighted by Gasteiger charge is 2.06. The summed E-state index contributed by atoms with van der Waals surface area (Å²) in [6.07, 6.45) is 6.69. The highest BCUT2D eigenvalue weighted by molar-refractivity contribution is 8.02. The Bertz CT molecular complexity index is 219. The smallest absolute Gasteiger partial charge is 0.211 e. The number of rotatable bonds is 5. The highest BCUT2D eigenvalue weighted by Crippen LogP contribution is 2.21. The first-order chi connectivity index (χ1) is 6.17. The van der Waals surface area contributed by atoms with E-state index in [1.54, 1.807) is 11.8 Å². The van der Waals surface area contributed by atoms with Crippen molar-refractivity contribution in [3.8, 4) is 0 Å². The van der Waals surface area contributed by atoms with Crippen molar-refractivity contribution in [3.63, 3.8) is 0 Å². The Labute approximate surface area is 84.5 Å². The van der Waals surface area contributed by atoms with E-state index in [1.807, 2.05) is 25.3 Å². The third-order valence-corrected chi connectivity index (χ3v) is 2.39. The first-order valence-electron chi connectivity index (χ1n) is 4.28. The highest BCUT2D eigenvalue weighted by atomic mass is 32.2. The van der Waals surface area contributed by atoms with Crippen molar-refractivity contribution in [2.75, 3.05) is 6.26 Å². The van der Waals surface area contributed by atoms with Gasteiger partial charge in [0.25, 0.3) is 0 Å². The first-order valence-corrected chi connectivity index (χ1v) is 5.50. The summed E-state index contributed by atoms with van der Waals surface area (Å²) in [7, 11) is 0. The largest absolute Gasteiger partial charge is 0.323 e. The van der Waals surface area contributed by atoms with Gasteiger partial charge in [0, 0.05) is 0 Å². The summed E-state index contributed by atoms with van der Waals surface area (Å²) in [5.74, 6) is 0.422. The summed E-state index contributed by atoms with van der Waals surface area (Å²) in [6.45, 7) is 6.19. The van der Waals surface area contributed by atoms with Gasteiger partial charge in [0.1, 0.15) is 0 Å². The van der Waals surface area contributed by atoms with Gasteiger partial charge in [0.2, 0.25) is 6.41 Å². The Morgan fingerprint density at radius 2 is 2.08 bits per heavy atom.